The van der Waals surface area contributed by atoms with E-state index >= 15 is 0 Å². The standard InChI is InChI=1S/3C2H4O2.Cr/c3*1-2(3)4;/h3*1H3,(H,3,4);. The van der Waals surface area contributed by atoms with Crippen LogP contribution >= 0.6 is 0 Å². The molecule has 0 bridgehead atoms. The van der Waals surface area contributed by atoms with Gasteiger partial charge in [0.05, 0.1) is 0 Å². The predicted molar refractivity (Wildman–Crippen MR) is 39.9 cm³/mol. The number of aliphatic carboxylic acids is 3. The van der Waals surface area contributed by atoms with Crippen molar-refractivity contribution in [2.24, 2.45) is 0 Å². The van der Waals surface area contributed by atoms with E-state index in [1.165, 1.54) is 0 Å². The summed E-state index contributed by atoms with van der Waals surface area (Å²) in [4.78, 5) is 27.0. The van der Waals surface area contributed by atoms with Crippen LogP contribution in [0.15, 0.2) is 0 Å². The maximum absolute atomic E-state index is 9.00. The van der Waals surface area contributed by atoms with Crippen molar-refractivity contribution >= 4 is 17.9 Å². The quantitative estimate of drug-likeness (QED) is 0.552. The Morgan fingerprint density at radius 1 is 0.692 bits per heavy atom. The van der Waals surface area contributed by atoms with Crippen LogP contribution in [0.5, 0.6) is 0 Å². The van der Waals surface area contributed by atoms with Crippen molar-refractivity contribution in [2.75, 3.05) is 0 Å². The topological polar surface area (TPSA) is 112 Å². The van der Waals surface area contributed by atoms with Crippen LogP contribution in [0.1, 0.15) is 20.8 Å². The number of hydrogen-bond acceptors (Lipinski definition) is 3. The first-order valence-corrected chi connectivity index (χ1v) is 2.78. The van der Waals surface area contributed by atoms with Crippen LogP contribution in [-0.4, -0.2) is 33.2 Å². The van der Waals surface area contributed by atoms with Gasteiger partial charge in [-0.2, -0.15) is 0 Å². The van der Waals surface area contributed by atoms with Gasteiger partial charge in [-0.25, -0.2) is 0 Å². The van der Waals surface area contributed by atoms with Crippen molar-refractivity contribution < 1.29 is 47.1 Å². The van der Waals surface area contributed by atoms with E-state index in [9.17, 15) is 0 Å². The minimum atomic E-state index is -0.833. The summed E-state index contributed by atoms with van der Waals surface area (Å²) < 4.78 is 0. The molecule has 0 fully saturated rings. The van der Waals surface area contributed by atoms with Gasteiger partial charge in [0.1, 0.15) is 0 Å². The third kappa shape index (κ3) is 782. The molecule has 0 rings (SSSR count). The Bertz CT molecular complexity index is 115. The molecule has 0 atom stereocenters. The molecule has 0 aliphatic heterocycles. The van der Waals surface area contributed by atoms with E-state index in [1.807, 2.05) is 0 Å². The summed E-state index contributed by atoms with van der Waals surface area (Å²) >= 11 is 0. The van der Waals surface area contributed by atoms with Crippen LogP contribution < -0.4 is 0 Å². The van der Waals surface area contributed by atoms with Crippen LogP contribution in [0.2, 0.25) is 0 Å². The van der Waals surface area contributed by atoms with Gasteiger partial charge in [-0.15, -0.1) is 0 Å². The molecule has 0 saturated heterocycles. The first-order valence-electron chi connectivity index (χ1n) is 2.78. The molecular formula is C6H12CrO6. The van der Waals surface area contributed by atoms with Gasteiger partial charge >= 0.3 is 0 Å². The molecule has 0 aromatic heterocycles. The third-order valence-electron chi connectivity index (χ3n) is 0. The average molecular weight is 232 g/mol. The van der Waals surface area contributed by atoms with Crippen LogP contribution in [0.25, 0.3) is 0 Å². The second kappa shape index (κ2) is 17.1. The molecule has 13 heavy (non-hydrogen) atoms. The number of carboxylic acids is 3. The van der Waals surface area contributed by atoms with Crippen LogP contribution in [-0.2, 0) is 31.7 Å². The fourth-order valence-corrected chi connectivity index (χ4v) is 0. The summed E-state index contributed by atoms with van der Waals surface area (Å²) in [5, 5.41) is 22.2. The number of rotatable bonds is 0. The van der Waals surface area contributed by atoms with Gasteiger partial charge in [0.2, 0.25) is 0 Å². The zero-order valence-electron chi connectivity index (χ0n) is 7.47. The normalized spacial score (nSPS) is 5.77. The monoisotopic (exact) mass is 232 g/mol. The van der Waals surface area contributed by atoms with Gasteiger partial charge in [0, 0.05) is 38.1 Å². The summed E-state index contributed by atoms with van der Waals surface area (Å²) in [5.74, 6) is -2.50. The van der Waals surface area contributed by atoms with Gasteiger partial charge < -0.3 is 15.3 Å². The molecule has 7 heteroatoms. The third-order valence-corrected chi connectivity index (χ3v) is 0. The molecule has 0 unspecified atom stereocenters. The Labute approximate surface area is 86.3 Å². The molecule has 0 aliphatic rings. The van der Waals surface area contributed by atoms with E-state index in [0.717, 1.165) is 20.8 Å². The van der Waals surface area contributed by atoms with Gasteiger partial charge in [0.15, 0.2) is 0 Å². The van der Waals surface area contributed by atoms with Crippen molar-refractivity contribution in [3.63, 3.8) is 0 Å². The molecule has 0 aromatic rings. The molecule has 78 valence electrons. The second-order valence-electron chi connectivity index (χ2n) is 1.56. The Kier molecular flexibility index (Phi) is 29.9. The van der Waals surface area contributed by atoms with Gasteiger partial charge in [-0.05, 0) is 0 Å². The maximum atomic E-state index is 9.00. The van der Waals surface area contributed by atoms with Gasteiger partial charge in [0.25, 0.3) is 17.9 Å². The van der Waals surface area contributed by atoms with E-state index in [1.54, 1.807) is 0 Å². The Hall–Kier alpha value is -1.06. The Balaban J connectivity index is -0.0000000450. The van der Waals surface area contributed by atoms with Crippen LogP contribution in [0, 0.1) is 0 Å². The molecule has 0 aromatic carbocycles. The first-order chi connectivity index (χ1) is 5.20. The minimum absolute atomic E-state index is 0. The van der Waals surface area contributed by atoms with E-state index in [0.29, 0.717) is 0 Å². The van der Waals surface area contributed by atoms with Crippen molar-refractivity contribution in [3.8, 4) is 0 Å². The molecule has 6 nitrogen and oxygen atoms in total. The maximum Gasteiger partial charge on any atom is 0.300 e. The molecule has 0 saturated carbocycles. The fraction of sp³-hybridized carbons (Fsp3) is 0.500. The molecule has 0 heterocycles. The summed E-state index contributed by atoms with van der Waals surface area (Å²) in [6.07, 6.45) is 0. The van der Waals surface area contributed by atoms with Crippen molar-refractivity contribution in [1.29, 1.82) is 0 Å². The van der Waals surface area contributed by atoms with E-state index < -0.39 is 17.9 Å². The smallest absolute Gasteiger partial charge is 0.300 e. The van der Waals surface area contributed by atoms with E-state index in [2.05, 4.69) is 0 Å². The minimum Gasteiger partial charge on any atom is -0.481 e. The van der Waals surface area contributed by atoms with Crippen LogP contribution in [0.3, 0.4) is 0 Å². The molecule has 0 aliphatic carbocycles. The molecule has 3 N–H and O–H groups in total. The fourth-order valence-electron chi connectivity index (χ4n) is 0. The average Bonchev–Trinajstić information content (AvgIpc) is 1.54. The van der Waals surface area contributed by atoms with Gasteiger partial charge in [-0.3, -0.25) is 14.4 Å². The van der Waals surface area contributed by atoms with Crippen molar-refractivity contribution in [1.82, 2.24) is 0 Å². The number of carbonyl (C=O) groups is 3. The molecule has 0 radical (unpaired) electrons. The summed E-state index contributed by atoms with van der Waals surface area (Å²) in [6, 6.07) is 0. The largest absolute Gasteiger partial charge is 0.481 e. The summed E-state index contributed by atoms with van der Waals surface area (Å²) in [5.41, 5.74) is 0. The van der Waals surface area contributed by atoms with Crippen molar-refractivity contribution in [2.45, 2.75) is 20.8 Å². The number of hydrogen-bond donors (Lipinski definition) is 3. The second-order valence-corrected chi connectivity index (χ2v) is 1.56. The SMILES string of the molecule is CC(=O)O.CC(=O)O.CC(=O)O.[Cr]. The molecular weight excluding hydrogens is 220 g/mol. The Morgan fingerprint density at radius 3 is 0.692 bits per heavy atom. The predicted octanol–water partition coefficient (Wildman–Crippen LogP) is 0.270. The van der Waals surface area contributed by atoms with Crippen LogP contribution in [0.4, 0.5) is 0 Å². The summed E-state index contributed by atoms with van der Waals surface area (Å²) in [7, 11) is 0. The van der Waals surface area contributed by atoms with E-state index in [-0.39, 0.29) is 17.4 Å². The van der Waals surface area contributed by atoms with Crippen molar-refractivity contribution in [3.05, 3.63) is 0 Å². The van der Waals surface area contributed by atoms with Gasteiger partial charge in [-0.1, -0.05) is 0 Å². The molecule has 0 amide bonds. The molecule has 0 spiro atoms. The number of carboxylic acid groups (broad SMARTS) is 3. The first kappa shape index (κ1) is 22.7. The van der Waals surface area contributed by atoms with E-state index in [4.69, 9.17) is 29.7 Å². The zero-order chi connectivity index (χ0) is 10.7. The Morgan fingerprint density at radius 2 is 0.692 bits per heavy atom. The summed E-state index contributed by atoms with van der Waals surface area (Å²) in [6.45, 7) is 3.25. The zero-order valence-corrected chi connectivity index (χ0v) is 8.75.